The molecule has 0 aliphatic heterocycles. The molecular formula is C31H53N3O3S. The third kappa shape index (κ3) is 19.0. The average Bonchev–Trinajstić information content (AvgIpc) is 2.86. The first-order valence-electron chi connectivity index (χ1n) is 14.8. The summed E-state index contributed by atoms with van der Waals surface area (Å²) in [6.07, 6.45) is 17.2. The summed E-state index contributed by atoms with van der Waals surface area (Å²) in [5.74, 6) is -0.248. The van der Waals surface area contributed by atoms with Gasteiger partial charge in [-0.1, -0.05) is 102 Å². The number of amides is 2. The number of carbonyl (C=O) groups is 2. The zero-order valence-corrected chi connectivity index (χ0v) is 25.2. The molecule has 0 aliphatic rings. The molecule has 0 bridgehead atoms. The second kappa shape index (κ2) is 20.8. The van der Waals surface area contributed by atoms with E-state index in [2.05, 4.69) is 22.9 Å². The molecule has 0 radical (unpaired) electrons. The molecule has 0 aliphatic carbocycles. The third-order valence-electron chi connectivity index (χ3n) is 6.30. The van der Waals surface area contributed by atoms with Crippen molar-refractivity contribution >= 4 is 34.9 Å². The molecule has 0 saturated carbocycles. The molecule has 3 N–H and O–H groups in total. The van der Waals surface area contributed by atoms with Crippen LogP contribution in [0.3, 0.4) is 0 Å². The Morgan fingerprint density at radius 2 is 1.42 bits per heavy atom. The van der Waals surface area contributed by atoms with Crippen molar-refractivity contribution in [1.29, 1.82) is 0 Å². The molecule has 38 heavy (non-hydrogen) atoms. The van der Waals surface area contributed by atoms with E-state index >= 15 is 0 Å². The number of unbranched alkanes of at least 4 members (excludes halogenated alkanes) is 11. The summed E-state index contributed by atoms with van der Waals surface area (Å²) in [6.45, 7) is 8.45. The first-order valence-corrected chi connectivity index (χ1v) is 15.2. The molecule has 0 aromatic heterocycles. The molecule has 1 aromatic rings. The minimum atomic E-state index is -0.673. The molecule has 0 fully saturated rings. The quantitative estimate of drug-likeness (QED) is 0.113. The van der Waals surface area contributed by atoms with Crippen molar-refractivity contribution in [3.8, 4) is 0 Å². The number of para-hydroxylation sites is 1. The van der Waals surface area contributed by atoms with E-state index in [4.69, 9.17) is 17.0 Å². The maximum absolute atomic E-state index is 12.9. The van der Waals surface area contributed by atoms with E-state index in [0.717, 1.165) is 37.2 Å². The van der Waals surface area contributed by atoms with Crippen LogP contribution < -0.4 is 16.0 Å². The smallest absolute Gasteiger partial charge is 0.408 e. The lowest BCUT2D eigenvalue weighted by Crippen LogP contribution is -2.45. The van der Waals surface area contributed by atoms with Gasteiger partial charge in [-0.25, -0.2) is 4.79 Å². The fraction of sp³-hybridized carbons (Fsp3) is 0.710. The van der Waals surface area contributed by atoms with Gasteiger partial charge in [0.15, 0.2) is 0 Å². The largest absolute Gasteiger partial charge is 0.444 e. The molecule has 216 valence electrons. The summed E-state index contributed by atoms with van der Waals surface area (Å²) in [5, 5.41) is 8.97. The van der Waals surface area contributed by atoms with Crippen molar-refractivity contribution < 1.29 is 14.3 Å². The molecule has 1 aromatic carbocycles. The highest BCUT2D eigenvalue weighted by molar-refractivity contribution is 7.80. The first-order chi connectivity index (χ1) is 18.2. The summed E-state index contributed by atoms with van der Waals surface area (Å²) in [6, 6.07) is 8.58. The molecule has 2 amide bonds. The molecule has 0 heterocycles. The lowest BCUT2D eigenvalue weighted by atomic mass is 10.1. The molecule has 0 unspecified atom stereocenters. The van der Waals surface area contributed by atoms with E-state index < -0.39 is 17.7 Å². The van der Waals surface area contributed by atoms with Gasteiger partial charge in [0.05, 0.1) is 4.99 Å². The predicted molar refractivity (Wildman–Crippen MR) is 164 cm³/mol. The second-order valence-corrected chi connectivity index (χ2v) is 11.7. The van der Waals surface area contributed by atoms with Crippen molar-refractivity contribution in [2.45, 2.75) is 136 Å². The maximum atomic E-state index is 12.9. The Morgan fingerprint density at radius 1 is 0.842 bits per heavy atom. The van der Waals surface area contributed by atoms with Gasteiger partial charge in [-0.05, 0) is 65.0 Å². The van der Waals surface area contributed by atoms with E-state index in [-0.39, 0.29) is 5.91 Å². The van der Waals surface area contributed by atoms with Crippen LogP contribution in [0.1, 0.15) is 124 Å². The second-order valence-electron chi connectivity index (χ2n) is 11.2. The van der Waals surface area contributed by atoms with Gasteiger partial charge in [0, 0.05) is 12.2 Å². The zero-order chi connectivity index (χ0) is 28.1. The first kappa shape index (κ1) is 33.9. The van der Waals surface area contributed by atoms with Crippen LogP contribution in [0.4, 0.5) is 10.5 Å². The minimum absolute atomic E-state index is 0.248. The Balaban J connectivity index is 2.23. The zero-order valence-electron chi connectivity index (χ0n) is 24.4. The number of thiocarbonyl (C=S) groups is 1. The minimum Gasteiger partial charge on any atom is -0.444 e. The summed E-state index contributed by atoms with van der Waals surface area (Å²) in [4.78, 5) is 26.1. The van der Waals surface area contributed by atoms with E-state index in [0.29, 0.717) is 12.1 Å². The highest BCUT2D eigenvalue weighted by Gasteiger charge is 2.24. The number of hydrogen-bond donors (Lipinski definition) is 3. The van der Waals surface area contributed by atoms with Crippen LogP contribution in [0.25, 0.3) is 0 Å². The molecule has 0 spiro atoms. The number of rotatable bonds is 20. The number of nitrogens with one attached hydrogen (secondary N) is 3. The van der Waals surface area contributed by atoms with Gasteiger partial charge in [-0.3, -0.25) is 4.79 Å². The summed E-state index contributed by atoms with van der Waals surface area (Å²) in [7, 11) is 0. The number of carbonyl (C=O) groups excluding carboxylic acids is 2. The SMILES string of the molecule is CCCCCCCCCCCCCC(=S)NCCCC[C@H](NC(=O)OC(C)(C)C)C(=O)Nc1ccccc1. The lowest BCUT2D eigenvalue weighted by Gasteiger charge is -2.23. The summed E-state index contributed by atoms with van der Waals surface area (Å²) < 4.78 is 5.36. The fourth-order valence-electron chi connectivity index (χ4n) is 4.21. The van der Waals surface area contributed by atoms with Crippen molar-refractivity contribution in [3.05, 3.63) is 30.3 Å². The molecule has 1 atom stereocenters. The average molecular weight is 548 g/mol. The van der Waals surface area contributed by atoms with Crippen LogP contribution in [0.15, 0.2) is 30.3 Å². The van der Waals surface area contributed by atoms with Gasteiger partial charge in [0.25, 0.3) is 0 Å². The Labute approximate surface area is 237 Å². The number of alkyl carbamates (subject to hydrolysis) is 1. The van der Waals surface area contributed by atoms with Gasteiger partial charge in [-0.15, -0.1) is 0 Å². The molecule has 1 rings (SSSR count). The van der Waals surface area contributed by atoms with Crippen LogP contribution >= 0.6 is 12.2 Å². The van der Waals surface area contributed by atoms with Crippen molar-refractivity contribution in [2.75, 3.05) is 11.9 Å². The van der Waals surface area contributed by atoms with E-state index in [9.17, 15) is 9.59 Å². The van der Waals surface area contributed by atoms with Crippen molar-refractivity contribution in [3.63, 3.8) is 0 Å². The topological polar surface area (TPSA) is 79.5 Å². The standard InChI is InChI=1S/C31H53N3O3S/c1-5-6-7-8-9-10-11-12-13-14-18-24-28(38)32-25-20-19-23-27(34-30(36)37-31(2,3)4)29(35)33-26-21-16-15-17-22-26/h15-17,21-22,27H,5-14,18-20,23-25H2,1-4H3,(H,32,38)(H,33,35)(H,34,36)/t27-/m0/s1. The third-order valence-corrected chi connectivity index (χ3v) is 6.65. The number of anilines is 1. The van der Waals surface area contributed by atoms with Crippen LogP contribution in [0.2, 0.25) is 0 Å². The fourth-order valence-corrected chi connectivity index (χ4v) is 4.46. The van der Waals surface area contributed by atoms with Crippen molar-refractivity contribution in [2.24, 2.45) is 0 Å². The van der Waals surface area contributed by atoms with Crippen LogP contribution in [0, 0.1) is 0 Å². The van der Waals surface area contributed by atoms with Gasteiger partial charge in [0.2, 0.25) is 5.91 Å². The van der Waals surface area contributed by atoms with E-state index in [1.54, 1.807) is 20.8 Å². The van der Waals surface area contributed by atoms with Gasteiger partial charge < -0.3 is 20.7 Å². The molecule has 6 nitrogen and oxygen atoms in total. The maximum Gasteiger partial charge on any atom is 0.408 e. The monoisotopic (exact) mass is 547 g/mol. The summed E-state index contributed by atoms with van der Waals surface area (Å²) in [5.41, 5.74) is 0.0702. The predicted octanol–water partition coefficient (Wildman–Crippen LogP) is 8.31. The van der Waals surface area contributed by atoms with Gasteiger partial charge in [0.1, 0.15) is 11.6 Å². The molecule has 0 saturated heterocycles. The molecular weight excluding hydrogens is 494 g/mol. The Kier molecular flexibility index (Phi) is 18.5. The number of ether oxygens (including phenoxy) is 1. The van der Waals surface area contributed by atoms with Gasteiger partial charge >= 0.3 is 6.09 Å². The van der Waals surface area contributed by atoms with E-state index in [1.165, 1.54) is 64.2 Å². The van der Waals surface area contributed by atoms with Crippen LogP contribution in [-0.4, -0.2) is 35.2 Å². The Bertz CT molecular complexity index is 780. The molecule has 7 heteroatoms. The highest BCUT2D eigenvalue weighted by atomic mass is 32.1. The normalized spacial score (nSPS) is 12.0. The Hall–Kier alpha value is -2.15. The Morgan fingerprint density at radius 3 is 2.00 bits per heavy atom. The van der Waals surface area contributed by atoms with Gasteiger partial charge in [-0.2, -0.15) is 0 Å². The highest BCUT2D eigenvalue weighted by Crippen LogP contribution is 2.13. The van der Waals surface area contributed by atoms with Crippen LogP contribution in [0.5, 0.6) is 0 Å². The summed E-state index contributed by atoms with van der Waals surface area (Å²) >= 11 is 5.50. The van der Waals surface area contributed by atoms with Crippen LogP contribution in [-0.2, 0) is 9.53 Å². The lowest BCUT2D eigenvalue weighted by molar-refractivity contribution is -0.118. The van der Waals surface area contributed by atoms with Crippen molar-refractivity contribution in [1.82, 2.24) is 10.6 Å². The number of benzene rings is 1. The number of hydrogen-bond acceptors (Lipinski definition) is 4. The van der Waals surface area contributed by atoms with E-state index in [1.807, 2.05) is 30.3 Å².